The highest BCUT2D eigenvalue weighted by atomic mass is 79.9. The van der Waals surface area contributed by atoms with E-state index in [1.165, 1.54) is 77.0 Å². The maximum atomic E-state index is 10.7. The van der Waals surface area contributed by atoms with Crippen molar-refractivity contribution in [2.75, 3.05) is 5.88 Å². The highest BCUT2D eigenvalue weighted by Crippen LogP contribution is 2.13. The van der Waals surface area contributed by atoms with E-state index in [4.69, 9.17) is 11.6 Å². The number of alkyl halides is 1. The van der Waals surface area contributed by atoms with Crippen LogP contribution in [0.15, 0.2) is 0 Å². The molecule has 0 bridgehead atoms. The van der Waals surface area contributed by atoms with E-state index in [9.17, 15) is 4.79 Å². The van der Waals surface area contributed by atoms with Crippen LogP contribution in [0, 0.1) is 0 Å². The van der Waals surface area contributed by atoms with E-state index in [1.54, 1.807) is 0 Å². The third kappa shape index (κ3) is 18.4. The Hall–Kier alpha value is 0.440. The number of halogens is 2. The van der Waals surface area contributed by atoms with Gasteiger partial charge in [0.15, 0.2) is 4.69 Å². The zero-order valence-electron chi connectivity index (χ0n) is 12.3. The summed E-state index contributed by atoms with van der Waals surface area (Å²) in [5.74, 6) is 0.823. The summed E-state index contributed by atoms with van der Waals surface area (Å²) in [6, 6.07) is 0. The van der Waals surface area contributed by atoms with Gasteiger partial charge < -0.3 is 0 Å². The van der Waals surface area contributed by atoms with E-state index in [0.717, 1.165) is 12.3 Å². The zero-order valence-corrected chi connectivity index (χ0v) is 14.6. The smallest absolute Gasteiger partial charge is 0.197 e. The molecule has 0 aliphatic carbocycles. The van der Waals surface area contributed by atoms with Crippen molar-refractivity contribution in [1.82, 2.24) is 0 Å². The number of rotatable bonds is 15. The van der Waals surface area contributed by atoms with E-state index in [0.29, 0.717) is 6.42 Å². The maximum absolute atomic E-state index is 10.7. The van der Waals surface area contributed by atoms with Crippen molar-refractivity contribution in [3.8, 4) is 0 Å². The van der Waals surface area contributed by atoms with Gasteiger partial charge in [0, 0.05) is 12.3 Å². The van der Waals surface area contributed by atoms with Crippen LogP contribution >= 0.6 is 27.5 Å². The van der Waals surface area contributed by atoms with Gasteiger partial charge in [0.05, 0.1) is 0 Å². The predicted molar refractivity (Wildman–Crippen MR) is 89.3 cm³/mol. The number of carbonyl (C=O) groups is 1. The largest absolute Gasteiger partial charge is 0.287 e. The molecule has 19 heavy (non-hydrogen) atoms. The lowest BCUT2D eigenvalue weighted by atomic mass is 10.0. The predicted octanol–water partition coefficient (Wildman–Crippen LogP) is 6.61. The highest BCUT2D eigenvalue weighted by Gasteiger charge is 1.96. The second kappa shape index (κ2) is 16.5. The lowest BCUT2D eigenvalue weighted by Crippen LogP contribution is -1.86. The van der Waals surface area contributed by atoms with Crippen LogP contribution in [0.25, 0.3) is 0 Å². The third-order valence-electron chi connectivity index (χ3n) is 3.51. The van der Waals surface area contributed by atoms with Crippen LogP contribution in [0.1, 0.15) is 89.9 Å². The Morgan fingerprint density at radius 2 is 0.947 bits per heavy atom. The Kier molecular flexibility index (Phi) is 16.9. The van der Waals surface area contributed by atoms with Crippen molar-refractivity contribution in [1.29, 1.82) is 0 Å². The molecule has 0 radical (unpaired) electrons. The fourth-order valence-corrected chi connectivity index (χ4v) is 2.77. The summed E-state index contributed by atoms with van der Waals surface area (Å²) in [4.78, 5) is 10.7. The Morgan fingerprint density at radius 1 is 0.632 bits per heavy atom. The van der Waals surface area contributed by atoms with E-state index < -0.39 is 0 Å². The summed E-state index contributed by atoms with van der Waals surface area (Å²) in [6.07, 6.45) is 17.8. The second-order valence-corrected chi connectivity index (χ2v) is 6.65. The summed E-state index contributed by atoms with van der Waals surface area (Å²) in [7, 11) is 0. The number of hydrogen-bond acceptors (Lipinski definition) is 1. The van der Waals surface area contributed by atoms with Gasteiger partial charge in [0.2, 0.25) is 0 Å². The van der Waals surface area contributed by atoms with E-state index in [-0.39, 0.29) is 4.69 Å². The molecule has 0 saturated heterocycles. The van der Waals surface area contributed by atoms with Crippen molar-refractivity contribution < 1.29 is 4.79 Å². The van der Waals surface area contributed by atoms with Crippen molar-refractivity contribution >= 4 is 32.2 Å². The Labute approximate surface area is 133 Å². The molecule has 0 spiro atoms. The van der Waals surface area contributed by atoms with E-state index >= 15 is 0 Å². The van der Waals surface area contributed by atoms with Gasteiger partial charge in [-0.15, -0.1) is 11.6 Å². The normalized spacial score (nSPS) is 10.8. The molecule has 114 valence electrons. The molecule has 0 aliphatic heterocycles. The molecule has 3 heteroatoms. The highest BCUT2D eigenvalue weighted by molar-refractivity contribution is 9.18. The van der Waals surface area contributed by atoms with Crippen LogP contribution in [-0.4, -0.2) is 10.6 Å². The van der Waals surface area contributed by atoms with E-state index in [1.807, 2.05) is 0 Å². The standard InChI is InChI=1S/C16H30BrClO/c17-16(19)14-12-10-8-6-4-2-1-3-5-7-9-11-13-15-18/h1-15H2. The Morgan fingerprint density at radius 3 is 1.26 bits per heavy atom. The van der Waals surface area contributed by atoms with Crippen LogP contribution in [0.4, 0.5) is 0 Å². The molecule has 0 aromatic heterocycles. The van der Waals surface area contributed by atoms with Gasteiger partial charge in [-0.2, -0.15) is 0 Å². The zero-order chi connectivity index (χ0) is 14.2. The minimum atomic E-state index is 0.151. The summed E-state index contributed by atoms with van der Waals surface area (Å²) < 4.78 is 0.151. The molecule has 0 unspecified atom stereocenters. The van der Waals surface area contributed by atoms with Gasteiger partial charge in [-0.1, -0.05) is 70.6 Å². The molecule has 0 aliphatic rings. The molecular weight excluding hydrogens is 324 g/mol. The van der Waals surface area contributed by atoms with Gasteiger partial charge in [0.25, 0.3) is 0 Å². The average Bonchev–Trinajstić information content (AvgIpc) is 2.39. The maximum Gasteiger partial charge on any atom is 0.197 e. The Bertz CT molecular complexity index is 197. The first-order chi connectivity index (χ1) is 9.27. The van der Waals surface area contributed by atoms with Crippen LogP contribution in [0.3, 0.4) is 0 Å². The first-order valence-corrected chi connectivity index (χ1v) is 9.34. The van der Waals surface area contributed by atoms with Gasteiger partial charge in [-0.05, 0) is 28.8 Å². The lowest BCUT2D eigenvalue weighted by molar-refractivity contribution is -0.110. The minimum absolute atomic E-state index is 0.151. The quantitative estimate of drug-likeness (QED) is 0.184. The van der Waals surface area contributed by atoms with Gasteiger partial charge in [-0.3, -0.25) is 4.79 Å². The minimum Gasteiger partial charge on any atom is -0.287 e. The van der Waals surface area contributed by atoms with Crippen LogP contribution < -0.4 is 0 Å². The number of unbranched alkanes of at least 4 members (excludes halogenated alkanes) is 12. The van der Waals surface area contributed by atoms with Crippen LogP contribution in [0.2, 0.25) is 0 Å². The van der Waals surface area contributed by atoms with Gasteiger partial charge in [0.1, 0.15) is 0 Å². The number of carbonyl (C=O) groups excluding carboxylic acids is 1. The van der Waals surface area contributed by atoms with Crippen molar-refractivity contribution in [2.45, 2.75) is 89.9 Å². The molecule has 0 rings (SSSR count). The Balaban J connectivity index is 2.93. The summed E-state index contributed by atoms with van der Waals surface area (Å²) in [6.45, 7) is 0. The lowest BCUT2D eigenvalue weighted by Gasteiger charge is -2.02. The second-order valence-electron chi connectivity index (χ2n) is 5.39. The molecule has 0 aromatic carbocycles. The summed E-state index contributed by atoms with van der Waals surface area (Å²) in [5.41, 5.74) is 0. The van der Waals surface area contributed by atoms with Crippen molar-refractivity contribution in [3.63, 3.8) is 0 Å². The van der Waals surface area contributed by atoms with Crippen LogP contribution in [-0.2, 0) is 4.79 Å². The topological polar surface area (TPSA) is 17.1 Å². The fourth-order valence-electron chi connectivity index (χ4n) is 2.30. The fraction of sp³-hybridized carbons (Fsp3) is 0.938. The van der Waals surface area contributed by atoms with Crippen molar-refractivity contribution in [3.05, 3.63) is 0 Å². The summed E-state index contributed by atoms with van der Waals surface area (Å²) in [5, 5.41) is 0. The molecule has 0 N–H and O–H groups in total. The summed E-state index contributed by atoms with van der Waals surface area (Å²) >= 11 is 8.61. The number of hydrogen-bond donors (Lipinski definition) is 0. The monoisotopic (exact) mass is 352 g/mol. The SMILES string of the molecule is O=C(Br)CCCCCCCCCCCCCCCCl. The molecular formula is C16H30BrClO. The average molecular weight is 354 g/mol. The molecule has 0 fully saturated rings. The van der Waals surface area contributed by atoms with Gasteiger partial charge in [-0.25, -0.2) is 0 Å². The molecule has 0 amide bonds. The molecule has 0 atom stereocenters. The van der Waals surface area contributed by atoms with Gasteiger partial charge >= 0.3 is 0 Å². The van der Waals surface area contributed by atoms with Crippen molar-refractivity contribution in [2.24, 2.45) is 0 Å². The van der Waals surface area contributed by atoms with Crippen LogP contribution in [0.5, 0.6) is 0 Å². The first-order valence-electron chi connectivity index (χ1n) is 8.01. The molecule has 0 heterocycles. The van der Waals surface area contributed by atoms with E-state index in [2.05, 4.69) is 15.9 Å². The molecule has 0 aromatic rings. The first kappa shape index (κ1) is 19.4. The third-order valence-corrected chi connectivity index (χ3v) is 4.17. The molecule has 1 nitrogen and oxygen atoms in total. The molecule has 0 saturated carbocycles.